The van der Waals surface area contributed by atoms with Gasteiger partial charge in [0.1, 0.15) is 0 Å². The number of benzene rings is 1. The largest absolute Gasteiger partial charge is 0.338 e. The van der Waals surface area contributed by atoms with Crippen molar-refractivity contribution < 1.29 is 4.79 Å². The molecule has 2 amide bonds. The molecule has 2 atom stereocenters. The van der Waals surface area contributed by atoms with Crippen LogP contribution in [0.15, 0.2) is 54.7 Å². The molecular formula is C24H31N5O. The summed E-state index contributed by atoms with van der Waals surface area (Å²) >= 11 is 0. The minimum atomic E-state index is -0.194. The predicted octanol–water partition coefficient (Wildman–Crippen LogP) is 4.12. The molecule has 0 aliphatic heterocycles. The maximum absolute atomic E-state index is 12.6. The summed E-state index contributed by atoms with van der Waals surface area (Å²) in [6, 6.07) is 15.8. The fraction of sp³-hybridized carbons (Fsp3) is 0.375. The Bertz CT molecular complexity index is 949. The number of aryl methyl sites for hydroxylation is 3. The number of hydrogen-bond acceptors (Lipinski definition) is 3. The van der Waals surface area contributed by atoms with Crippen molar-refractivity contribution in [2.24, 2.45) is 5.92 Å². The van der Waals surface area contributed by atoms with Gasteiger partial charge in [0.25, 0.3) is 0 Å². The summed E-state index contributed by atoms with van der Waals surface area (Å²) < 4.78 is 1.99. The van der Waals surface area contributed by atoms with E-state index in [9.17, 15) is 4.79 Å². The van der Waals surface area contributed by atoms with E-state index in [0.717, 1.165) is 29.2 Å². The third-order valence-electron chi connectivity index (χ3n) is 5.11. The SMILES string of the molecule is Cc1ccc(CC(NC(=O)NCC(C)Cn2nc(C)cc2C)c2ccccn2)cc1. The van der Waals surface area contributed by atoms with Crippen molar-refractivity contribution in [2.45, 2.75) is 46.7 Å². The number of amides is 2. The van der Waals surface area contributed by atoms with E-state index in [0.29, 0.717) is 13.0 Å². The normalized spacial score (nSPS) is 12.9. The van der Waals surface area contributed by atoms with Crippen molar-refractivity contribution in [3.05, 3.63) is 82.9 Å². The topological polar surface area (TPSA) is 71.8 Å². The first-order chi connectivity index (χ1) is 14.4. The molecule has 2 heterocycles. The Kier molecular flexibility index (Phi) is 7.22. The summed E-state index contributed by atoms with van der Waals surface area (Å²) in [5.74, 6) is 0.263. The number of rotatable bonds is 8. The van der Waals surface area contributed by atoms with Gasteiger partial charge in [-0.2, -0.15) is 5.10 Å². The maximum atomic E-state index is 12.6. The lowest BCUT2D eigenvalue weighted by molar-refractivity contribution is 0.234. The summed E-state index contributed by atoms with van der Waals surface area (Å²) in [5.41, 5.74) is 5.38. The van der Waals surface area contributed by atoms with Crippen molar-refractivity contribution in [1.29, 1.82) is 0 Å². The molecule has 2 aromatic heterocycles. The van der Waals surface area contributed by atoms with Crippen LogP contribution in [0.3, 0.4) is 0 Å². The Morgan fingerprint density at radius 3 is 2.50 bits per heavy atom. The molecule has 0 spiro atoms. The number of carbonyl (C=O) groups is 1. The highest BCUT2D eigenvalue weighted by molar-refractivity contribution is 5.74. The second-order valence-electron chi connectivity index (χ2n) is 8.07. The van der Waals surface area contributed by atoms with Crippen LogP contribution in [-0.4, -0.2) is 27.3 Å². The van der Waals surface area contributed by atoms with Gasteiger partial charge in [0.15, 0.2) is 0 Å². The fourth-order valence-electron chi connectivity index (χ4n) is 3.47. The molecule has 6 heteroatoms. The van der Waals surface area contributed by atoms with Crippen LogP contribution in [0.5, 0.6) is 0 Å². The van der Waals surface area contributed by atoms with Crippen LogP contribution in [0, 0.1) is 26.7 Å². The van der Waals surface area contributed by atoms with Crippen LogP contribution in [0.4, 0.5) is 4.79 Å². The number of hydrogen-bond donors (Lipinski definition) is 2. The molecule has 6 nitrogen and oxygen atoms in total. The molecular weight excluding hydrogens is 374 g/mol. The van der Waals surface area contributed by atoms with Crippen LogP contribution in [0.25, 0.3) is 0 Å². The van der Waals surface area contributed by atoms with E-state index < -0.39 is 0 Å². The highest BCUT2D eigenvalue weighted by Crippen LogP contribution is 2.17. The first-order valence-electron chi connectivity index (χ1n) is 10.4. The van der Waals surface area contributed by atoms with Gasteiger partial charge in [-0.3, -0.25) is 9.67 Å². The van der Waals surface area contributed by atoms with Gasteiger partial charge < -0.3 is 10.6 Å². The molecule has 3 rings (SSSR count). The average molecular weight is 406 g/mol. The molecule has 2 N–H and O–H groups in total. The maximum Gasteiger partial charge on any atom is 0.315 e. The van der Waals surface area contributed by atoms with E-state index in [1.54, 1.807) is 6.20 Å². The summed E-state index contributed by atoms with van der Waals surface area (Å²) in [6.45, 7) is 9.57. The first kappa shape index (κ1) is 21.6. The molecule has 30 heavy (non-hydrogen) atoms. The second-order valence-corrected chi connectivity index (χ2v) is 8.07. The molecule has 3 aromatic rings. The van der Waals surface area contributed by atoms with Gasteiger partial charge in [0.05, 0.1) is 17.4 Å². The Balaban J connectivity index is 1.58. The zero-order chi connectivity index (χ0) is 21.5. The second kappa shape index (κ2) is 10.1. The van der Waals surface area contributed by atoms with E-state index in [1.807, 2.05) is 29.8 Å². The van der Waals surface area contributed by atoms with E-state index in [-0.39, 0.29) is 18.0 Å². The number of urea groups is 1. The highest BCUT2D eigenvalue weighted by atomic mass is 16.2. The lowest BCUT2D eigenvalue weighted by Crippen LogP contribution is -2.41. The average Bonchev–Trinajstić information content (AvgIpc) is 3.05. The molecule has 0 saturated heterocycles. The van der Waals surface area contributed by atoms with Gasteiger partial charge in [-0.25, -0.2) is 4.79 Å². The van der Waals surface area contributed by atoms with Crippen LogP contribution < -0.4 is 10.6 Å². The lowest BCUT2D eigenvalue weighted by atomic mass is 10.0. The summed E-state index contributed by atoms with van der Waals surface area (Å²) in [6.07, 6.45) is 2.44. The molecule has 158 valence electrons. The van der Waals surface area contributed by atoms with Crippen LogP contribution in [0.2, 0.25) is 0 Å². The summed E-state index contributed by atoms with van der Waals surface area (Å²) in [5, 5.41) is 10.6. The van der Waals surface area contributed by atoms with Crippen LogP contribution >= 0.6 is 0 Å². The zero-order valence-electron chi connectivity index (χ0n) is 18.2. The van der Waals surface area contributed by atoms with Gasteiger partial charge in [0.2, 0.25) is 0 Å². The van der Waals surface area contributed by atoms with Crippen LogP contribution in [0.1, 0.15) is 41.2 Å². The van der Waals surface area contributed by atoms with Gasteiger partial charge in [-0.1, -0.05) is 42.8 Å². The molecule has 1 aromatic carbocycles. The Labute approximate surface area is 178 Å². The number of carbonyl (C=O) groups excluding carboxylic acids is 1. The van der Waals surface area contributed by atoms with Crippen LogP contribution in [-0.2, 0) is 13.0 Å². The molecule has 0 aliphatic rings. The molecule has 0 bridgehead atoms. The zero-order valence-corrected chi connectivity index (χ0v) is 18.2. The quantitative estimate of drug-likeness (QED) is 0.592. The monoisotopic (exact) mass is 405 g/mol. The molecule has 0 saturated carbocycles. The number of nitrogens with zero attached hydrogens (tertiary/aromatic N) is 3. The van der Waals surface area contributed by atoms with Crippen molar-refractivity contribution in [3.63, 3.8) is 0 Å². The molecule has 0 aliphatic carbocycles. The minimum Gasteiger partial charge on any atom is -0.338 e. The standard InChI is InChI=1S/C24H31N5O/c1-17-8-10-21(11-9-17)14-23(22-7-5-6-12-25-22)27-24(30)26-15-18(2)16-29-20(4)13-19(3)28-29/h5-13,18,23H,14-16H2,1-4H3,(H2,26,27,30). The predicted molar refractivity (Wildman–Crippen MR) is 119 cm³/mol. The van der Waals surface area contributed by atoms with Crippen molar-refractivity contribution in [1.82, 2.24) is 25.4 Å². The first-order valence-corrected chi connectivity index (χ1v) is 10.4. The van der Waals surface area contributed by atoms with Crippen molar-refractivity contribution >= 4 is 6.03 Å². The number of pyridine rings is 1. The van der Waals surface area contributed by atoms with E-state index in [1.165, 1.54) is 5.56 Å². The number of nitrogens with one attached hydrogen (secondary N) is 2. The highest BCUT2D eigenvalue weighted by Gasteiger charge is 2.17. The van der Waals surface area contributed by atoms with Gasteiger partial charge in [0, 0.05) is 25.0 Å². The fourth-order valence-corrected chi connectivity index (χ4v) is 3.47. The summed E-state index contributed by atoms with van der Waals surface area (Å²) in [4.78, 5) is 17.1. The van der Waals surface area contributed by atoms with Crippen molar-refractivity contribution in [3.8, 4) is 0 Å². The Morgan fingerprint density at radius 1 is 1.10 bits per heavy atom. The molecule has 2 unspecified atom stereocenters. The lowest BCUT2D eigenvalue weighted by Gasteiger charge is -2.20. The third-order valence-corrected chi connectivity index (χ3v) is 5.11. The minimum absolute atomic E-state index is 0.182. The van der Waals surface area contributed by atoms with E-state index in [4.69, 9.17) is 0 Å². The van der Waals surface area contributed by atoms with Gasteiger partial charge in [-0.15, -0.1) is 0 Å². The van der Waals surface area contributed by atoms with E-state index in [2.05, 4.69) is 71.8 Å². The van der Waals surface area contributed by atoms with Gasteiger partial charge in [-0.05, 0) is 56.9 Å². The molecule has 0 fully saturated rings. The Hall–Kier alpha value is -3.15. The third kappa shape index (κ3) is 6.17. The smallest absolute Gasteiger partial charge is 0.315 e. The molecule has 0 radical (unpaired) electrons. The van der Waals surface area contributed by atoms with E-state index >= 15 is 0 Å². The van der Waals surface area contributed by atoms with Gasteiger partial charge >= 0.3 is 6.03 Å². The summed E-state index contributed by atoms with van der Waals surface area (Å²) in [7, 11) is 0. The van der Waals surface area contributed by atoms with Crippen molar-refractivity contribution in [2.75, 3.05) is 6.54 Å². The number of aromatic nitrogens is 3. The Morgan fingerprint density at radius 2 is 1.87 bits per heavy atom.